The number of aliphatic hydroxyl groups is 1. The van der Waals surface area contributed by atoms with E-state index in [1.165, 1.54) is 0 Å². The van der Waals surface area contributed by atoms with E-state index in [0.29, 0.717) is 5.69 Å². The van der Waals surface area contributed by atoms with Crippen LogP contribution in [0.15, 0.2) is 54.7 Å². The molecule has 0 spiro atoms. The monoisotopic (exact) mass is 392 g/mol. The van der Waals surface area contributed by atoms with Crippen LogP contribution in [0.2, 0.25) is 0 Å². The molecule has 4 rings (SSSR count). The molecule has 4 N–H and O–H groups in total. The molecule has 0 saturated heterocycles. The van der Waals surface area contributed by atoms with Gasteiger partial charge in [-0.15, -0.1) is 0 Å². The van der Waals surface area contributed by atoms with Crippen molar-refractivity contribution in [1.29, 1.82) is 0 Å². The molecule has 3 aromatic rings. The molecule has 1 unspecified atom stereocenters. The van der Waals surface area contributed by atoms with E-state index in [1.807, 2.05) is 36.4 Å². The minimum Gasteiger partial charge on any atom is -0.394 e. The lowest BCUT2D eigenvalue weighted by Crippen LogP contribution is -2.52. The first-order chi connectivity index (χ1) is 14.1. The zero-order valence-electron chi connectivity index (χ0n) is 16.0. The van der Waals surface area contributed by atoms with Crippen molar-refractivity contribution in [1.82, 2.24) is 15.5 Å². The summed E-state index contributed by atoms with van der Waals surface area (Å²) >= 11 is 0. The van der Waals surface area contributed by atoms with Crippen LogP contribution in [0.1, 0.15) is 31.2 Å². The second-order valence-electron chi connectivity index (χ2n) is 7.53. The number of benzene rings is 2. The number of nitrogens with one attached hydrogen (secondary N) is 3. The van der Waals surface area contributed by atoms with E-state index in [-0.39, 0.29) is 5.91 Å². The molecule has 1 fully saturated rings. The molecule has 1 atom stereocenters. The third kappa shape index (κ3) is 3.73. The van der Waals surface area contributed by atoms with Crippen molar-refractivity contribution in [2.45, 2.75) is 37.1 Å². The van der Waals surface area contributed by atoms with E-state index in [9.17, 15) is 14.7 Å². The highest BCUT2D eigenvalue weighted by Crippen LogP contribution is 2.41. The first-order valence-electron chi connectivity index (χ1n) is 9.84. The molecular weight excluding hydrogens is 368 g/mol. The highest BCUT2D eigenvalue weighted by molar-refractivity contribution is 6.00. The van der Waals surface area contributed by atoms with Gasteiger partial charge in [0.25, 0.3) is 0 Å². The van der Waals surface area contributed by atoms with Crippen LogP contribution in [0.4, 0.5) is 5.69 Å². The average molecular weight is 392 g/mol. The highest BCUT2D eigenvalue weighted by atomic mass is 16.3. The number of amides is 2. The fraction of sp³-hybridized carbons (Fsp3) is 0.318. The number of hydrogen-bond acceptors (Lipinski definition) is 4. The molecular formula is C22H24N4O3. The fourth-order valence-corrected chi connectivity index (χ4v) is 4.12. The van der Waals surface area contributed by atoms with Crippen molar-refractivity contribution in [3.63, 3.8) is 0 Å². The Morgan fingerprint density at radius 2 is 1.90 bits per heavy atom. The summed E-state index contributed by atoms with van der Waals surface area (Å²) in [5.74, 6) is -0.666. The molecule has 1 aliphatic carbocycles. The van der Waals surface area contributed by atoms with E-state index in [0.717, 1.165) is 42.1 Å². The lowest BCUT2D eigenvalue weighted by atomic mass is 9.78. The van der Waals surface area contributed by atoms with Gasteiger partial charge in [0.05, 0.1) is 23.7 Å². The number of carbonyl (C=O) groups is 2. The molecule has 0 radical (unpaired) electrons. The summed E-state index contributed by atoms with van der Waals surface area (Å²) in [7, 11) is 0. The van der Waals surface area contributed by atoms with Gasteiger partial charge in [-0.3, -0.25) is 14.7 Å². The van der Waals surface area contributed by atoms with Gasteiger partial charge in [-0.2, -0.15) is 5.10 Å². The SMILES string of the molecule is O=C(Nc1ccc2cn[nH]c2c1)C(CO)NC(=O)C1(c2ccccc2)CCCC1. The fourth-order valence-electron chi connectivity index (χ4n) is 4.12. The largest absolute Gasteiger partial charge is 0.394 e. The lowest BCUT2D eigenvalue weighted by Gasteiger charge is -2.30. The van der Waals surface area contributed by atoms with Gasteiger partial charge in [0.15, 0.2) is 0 Å². The highest BCUT2D eigenvalue weighted by Gasteiger charge is 2.43. The topological polar surface area (TPSA) is 107 Å². The third-order valence-electron chi connectivity index (χ3n) is 5.73. The number of aromatic nitrogens is 2. The summed E-state index contributed by atoms with van der Waals surface area (Å²) < 4.78 is 0. The maximum absolute atomic E-state index is 13.2. The van der Waals surface area contributed by atoms with Crippen LogP contribution in [0.5, 0.6) is 0 Å². The molecule has 1 saturated carbocycles. The number of rotatable bonds is 6. The van der Waals surface area contributed by atoms with Crippen molar-refractivity contribution in [3.05, 3.63) is 60.3 Å². The number of anilines is 1. The minimum absolute atomic E-state index is 0.209. The Labute approximate surface area is 168 Å². The van der Waals surface area contributed by atoms with Gasteiger partial charge in [-0.05, 0) is 36.6 Å². The van der Waals surface area contributed by atoms with Gasteiger partial charge in [-0.25, -0.2) is 0 Å². The molecule has 7 nitrogen and oxygen atoms in total. The van der Waals surface area contributed by atoms with Crippen molar-refractivity contribution in [3.8, 4) is 0 Å². The second kappa shape index (κ2) is 8.05. The van der Waals surface area contributed by atoms with Crippen LogP contribution >= 0.6 is 0 Å². The van der Waals surface area contributed by atoms with Crippen LogP contribution in [0.3, 0.4) is 0 Å². The number of H-pyrrole nitrogens is 1. The summed E-state index contributed by atoms with van der Waals surface area (Å²) in [6, 6.07) is 14.0. The second-order valence-corrected chi connectivity index (χ2v) is 7.53. The molecule has 1 heterocycles. The molecule has 2 aromatic carbocycles. The summed E-state index contributed by atoms with van der Waals surface area (Å²) in [6.45, 7) is -0.477. The summed E-state index contributed by atoms with van der Waals surface area (Å²) in [5.41, 5.74) is 1.67. The van der Waals surface area contributed by atoms with Gasteiger partial charge in [0.1, 0.15) is 6.04 Å². The molecule has 0 bridgehead atoms. The molecule has 7 heteroatoms. The predicted octanol–water partition coefficient (Wildman–Crippen LogP) is 2.49. The van der Waals surface area contributed by atoms with E-state index >= 15 is 0 Å². The van der Waals surface area contributed by atoms with Gasteiger partial charge in [0.2, 0.25) is 11.8 Å². The lowest BCUT2D eigenvalue weighted by molar-refractivity contribution is -0.131. The Balaban J connectivity index is 1.49. The first-order valence-corrected chi connectivity index (χ1v) is 9.84. The van der Waals surface area contributed by atoms with Crippen LogP contribution in [0.25, 0.3) is 10.9 Å². The number of nitrogens with zero attached hydrogens (tertiary/aromatic N) is 1. The summed E-state index contributed by atoms with van der Waals surface area (Å²) in [6.07, 6.45) is 5.09. The number of aliphatic hydroxyl groups excluding tert-OH is 1. The standard InChI is InChI=1S/C22H24N4O3/c27-14-19(20(28)24-17-9-8-15-13-23-26-18(15)12-17)25-21(29)22(10-4-5-11-22)16-6-2-1-3-7-16/h1-3,6-9,12-13,19,27H,4-5,10-11,14H2,(H,23,26)(H,24,28)(H,25,29). The van der Waals surface area contributed by atoms with Crippen LogP contribution < -0.4 is 10.6 Å². The van der Waals surface area contributed by atoms with Crippen LogP contribution in [-0.4, -0.2) is 39.8 Å². The van der Waals surface area contributed by atoms with Gasteiger partial charge in [0, 0.05) is 11.1 Å². The molecule has 29 heavy (non-hydrogen) atoms. The Bertz CT molecular complexity index is 1010. The summed E-state index contributed by atoms with van der Waals surface area (Å²) in [4.78, 5) is 25.9. The van der Waals surface area contributed by atoms with Crippen molar-refractivity contribution in [2.24, 2.45) is 0 Å². The Morgan fingerprint density at radius 3 is 2.62 bits per heavy atom. The van der Waals surface area contributed by atoms with Crippen LogP contribution in [0, 0.1) is 0 Å². The zero-order valence-corrected chi connectivity index (χ0v) is 16.0. The number of hydrogen-bond donors (Lipinski definition) is 4. The number of carbonyl (C=O) groups excluding carboxylic acids is 2. The van der Waals surface area contributed by atoms with Crippen molar-refractivity contribution in [2.75, 3.05) is 11.9 Å². The Hall–Kier alpha value is -3.19. The van der Waals surface area contributed by atoms with Crippen molar-refractivity contribution >= 4 is 28.4 Å². The van der Waals surface area contributed by atoms with Crippen LogP contribution in [-0.2, 0) is 15.0 Å². The number of fused-ring (bicyclic) bond motifs is 1. The van der Waals surface area contributed by atoms with Gasteiger partial charge < -0.3 is 15.7 Å². The molecule has 1 aromatic heterocycles. The molecule has 2 amide bonds. The van der Waals surface area contributed by atoms with E-state index in [2.05, 4.69) is 20.8 Å². The van der Waals surface area contributed by atoms with E-state index in [4.69, 9.17) is 0 Å². The van der Waals surface area contributed by atoms with Gasteiger partial charge >= 0.3 is 0 Å². The Morgan fingerprint density at radius 1 is 1.14 bits per heavy atom. The first kappa shape index (κ1) is 19.1. The summed E-state index contributed by atoms with van der Waals surface area (Å²) in [5, 5.41) is 23.0. The van der Waals surface area contributed by atoms with E-state index in [1.54, 1.807) is 18.3 Å². The predicted molar refractivity (Wildman–Crippen MR) is 110 cm³/mol. The average Bonchev–Trinajstić information content (AvgIpc) is 3.42. The molecule has 150 valence electrons. The zero-order chi connectivity index (χ0) is 20.3. The van der Waals surface area contributed by atoms with Gasteiger partial charge in [-0.1, -0.05) is 43.2 Å². The third-order valence-corrected chi connectivity index (χ3v) is 5.73. The minimum atomic E-state index is -1.03. The molecule has 0 aliphatic heterocycles. The Kier molecular flexibility index (Phi) is 5.31. The normalized spacial score (nSPS) is 16.4. The maximum Gasteiger partial charge on any atom is 0.249 e. The van der Waals surface area contributed by atoms with E-state index < -0.39 is 24.0 Å². The number of aromatic amines is 1. The molecule has 1 aliphatic rings. The smallest absolute Gasteiger partial charge is 0.249 e. The quantitative estimate of drug-likeness (QED) is 0.517. The maximum atomic E-state index is 13.2. The van der Waals surface area contributed by atoms with Crippen molar-refractivity contribution < 1.29 is 14.7 Å².